The lowest BCUT2D eigenvalue weighted by Gasteiger charge is -2.35. The average molecular weight is 411 g/mol. The fourth-order valence-corrected chi connectivity index (χ4v) is 5.60. The van der Waals surface area contributed by atoms with Gasteiger partial charge in [0.05, 0.1) is 18.1 Å². The number of hydrogen-bond acceptors (Lipinski definition) is 6. The van der Waals surface area contributed by atoms with E-state index in [0.29, 0.717) is 19.4 Å². The molecule has 3 saturated heterocycles. The summed E-state index contributed by atoms with van der Waals surface area (Å²) in [6, 6.07) is -0.799. The Morgan fingerprint density at radius 1 is 1.34 bits per heavy atom. The van der Waals surface area contributed by atoms with Crippen LogP contribution in [0.1, 0.15) is 53.4 Å². The highest BCUT2D eigenvalue weighted by molar-refractivity contribution is 5.98. The van der Waals surface area contributed by atoms with E-state index in [2.05, 4.69) is 5.32 Å². The molecule has 0 aromatic carbocycles. The largest absolute Gasteiger partial charge is 0.466 e. The van der Waals surface area contributed by atoms with E-state index in [1.54, 1.807) is 6.92 Å². The molecule has 3 rings (SSSR count). The maximum atomic E-state index is 13.5. The molecule has 0 saturated carbocycles. The summed E-state index contributed by atoms with van der Waals surface area (Å²) in [4.78, 5) is 41.1. The molecule has 1 spiro atoms. The number of hydrogen-bond donors (Lipinski definition) is 2. The van der Waals surface area contributed by atoms with Crippen molar-refractivity contribution in [2.45, 2.75) is 70.6 Å². The molecule has 3 heterocycles. The molecule has 3 aliphatic heterocycles. The van der Waals surface area contributed by atoms with Gasteiger partial charge in [0.25, 0.3) is 0 Å². The molecule has 8 nitrogen and oxygen atoms in total. The summed E-state index contributed by atoms with van der Waals surface area (Å²) in [5, 5.41) is 12.2. The van der Waals surface area contributed by atoms with Gasteiger partial charge in [-0.1, -0.05) is 20.3 Å². The molecule has 29 heavy (non-hydrogen) atoms. The number of likely N-dealkylation sites (tertiary alicyclic amines) is 1. The number of carbonyl (C=O) groups excluding carboxylic acids is 3. The standard InChI is InChI=1S/C21H34N2O6/c1-5-7-9-22-17(25)16-21-12-13(3)20(4,29-21)15(19(27)28-6-2)14(21)18(26)23(16)10-8-11-24/h13-16,24H,5-12H2,1-4H3,(H,22,25)/t13?,14-,15-,16?,20+,21?/m0/s1. The highest BCUT2D eigenvalue weighted by Gasteiger charge is 2.80. The Balaban J connectivity index is 2.00. The summed E-state index contributed by atoms with van der Waals surface area (Å²) in [6.07, 6.45) is 2.70. The molecule has 3 fully saturated rings. The normalized spacial score (nSPS) is 37.7. The minimum Gasteiger partial charge on any atom is -0.466 e. The Labute approximate surface area is 172 Å². The number of esters is 1. The van der Waals surface area contributed by atoms with E-state index in [4.69, 9.17) is 9.47 Å². The molecule has 2 N–H and O–H groups in total. The molecule has 3 aliphatic rings. The van der Waals surface area contributed by atoms with Crippen LogP contribution < -0.4 is 5.32 Å². The first-order valence-electron chi connectivity index (χ1n) is 10.8. The van der Waals surface area contributed by atoms with Gasteiger partial charge in [0.15, 0.2) is 0 Å². The number of aliphatic hydroxyl groups is 1. The number of nitrogens with one attached hydrogen (secondary N) is 1. The van der Waals surface area contributed by atoms with Crippen LogP contribution in [-0.2, 0) is 23.9 Å². The van der Waals surface area contributed by atoms with Gasteiger partial charge in [-0.05, 0) is 39.0 Å². The summed E-state index contributed by atoms with van der Waals surface area (Å²) in [5.41, 5.74) is -1.87. The predicted molar refractivity (Wildman–Crippen MR) is 105 cm³/mol. The quantitative estimate of drug-likeness (QED) is 0.431. The van der Waals surface area contributed by atoms with Gasteiger partial charge in [0.1, 0.15) is 17.6 Å². The van der Waals surface area contributed by atoms with E-state index in [9.17, 15) is 19.5 Å². The van der Waals surface area contributed by atoms with Crippen LogP contribution in [0.2, 0.25) is 0 Å². The van der Waals surface area contributed by atoms with Gasteiger partial charge in [-0.25, -0.2) is 0 Å². The Hall–Kier alpha value is -1.67. The van der Waals surface area contributed by atoms with Gasteiger partial charge in [-0.3, -0.25) is 14.4 Å². The first kappa shape index (κ1) is 22.0. The maximum Gasteiger partial charge on any atom is 0.312 e. The molecule has 2 amide bonds. The number of amides is 2. The summed E-state index contributed by atoms with van der Waals surface area (Å²) >= 11 is 0. The van der Waals surface area contributed by atoms with Crippen molar-refractivity contribution in [3.63, 3.8) is 0 Å². The molecule has 2 bridgehead atoms. The molecular weight excluding hydrogens is 376 g/mol. The minimum absolute atomic E-state index is 0.00434. The van der Waals surface area contributed by atoms with E-state index in [-0.39, 0.29) is 37.5 Å². The van der Waals surface area contributed by atoms with Crippen LogP contribution in [0, 0.1) is 17.8 Å². The minimum atomic E-state index is -1.03. The van der Waals surface area contributed by atoms with E-state index < -0.39 is 35.0 Å². The van der Waals surface area contributed by atoms with Crippen molar-refractivity contribution in [2.75, 3.05) is 26.3 Å². The SMILES string of the molecule is CCCCNC(=O)C1N(CCCO)C(=O)[C@@H]2[C@@H](C(=O)OCC)[C@]3(C)OC12CC3C. The third kappa shape index (κ3) is 3.24. The molecule has 8 heteroatoms. The Kier molecular flexibility index (Phi) is 6.24. The van der Waals surface area contributed by atoms with Gasteiger partial charge >= 0.3 is 5.97 Å². The van der Waals surface area contributed by atoms with Crippen LogP contribution in [0.3, 0.4) is 0 Å². The van der Waals surface area contributed by atoms with Crippen molar-refractivity contribution < 1.29 is 29.0 Å². The molecule has 164 valence electrons. The lowest BCUT2D eigenvalue weighted by molar-refractivity contribution is -0.161. The van der Waals surface area contributed by atoms with Crippen LogP contribution >= 0.6 is 0 Å². The summed E-state index contributed by atoms with van der Waals surface area (Å²) in [5.74, 6) is -2.39. The van der Waals surface area contributed by atoms with E-state index in [1.807, 2.05) is 20.8 Å². The van der Waals surface area contributed by atoms with Gasteiger partial charge < -0.3 is 24.8 Å². The first-order valence-corrected chi connectivity index (χ1v) is 10.8. The van der Waals surface area contributed by atoms with Crippen LogP contribution in [0.5, 0.6) is 0 Å². The molecule has 3 unspecified atom stereocenters. The van der Waals surface area contributed by atoms with Crippen molar-refractivity contribution in [1.82, 2.24) is 10.2 Å². The second-order valence-electron chi connectivity index (χ2n) is 8.71. The third-order valence-electron chi connectivity index (χ3n) is 6.99. The van der Waals surface area contributed by atoms with Gasteiger partial charge in [-0.2, -0.15) is 0 Å². The fourth-order valence-electron chi connectivity index (χ4n) is 5.60. The van der Waals surface area contributed by atoms with Gasteiger partial charge in [0.2, 0.25) is 11.8 Å². The number of aliphatic hydroxyl groups excluding tert-OH is 1. The highest BCUT2D eigenvalue weighted by Crippen LogP contribution is 2.65. The zero-order valence-corrected chi connectivity index (χ0v) is 17.9. The second-order valence-corrected chi connectivity index (χ2v) is 8.71. The fraction of sp³-hybridized carbons (Fsp3) is 0.857. The lowest BCUT2D eigenvalue weighted by atomic mass is 9.62. The number of ether oxygens (including phenoxy) is 2. The monoisotopic (exact) mass is 410 g/mol. The van der Waals surface area contributed by atoms with E-state index >= 15 is 0 Å². The maximum absolute atomic E-state index is 13.5. The van der Waals surface area contributed by atoms with E-state index in [0.717, 1.165) is 12.8 Å². The van der Waals surface area contributed by atoms with Crippen LogP contribution in [0.4, 0.5) is 0 Å². The van der Waals surface area contributed by atoms with E-state index in [1.165, 1.54) is 4.90 Å². The van der Waals surface area contributed by atoms with Crippen molar-refractivity contribution in [1.29, 1.82) is 0 Å². The molecule has 0 aromatic rings. The zero-order valence-electron chi connectivity index (χ0n) is 17.9. The van der Waals surface area contributed by atoms with Crippen molar-refractivity contribution in [3.05, 3.63) is 0 Å². The molecule has 0 aromatic heterocycles. The first-order chi connectivity index (χ1) is 13.8. The number of fused-ring (bicyclic) bond motifs is 1. The topological polar surface area (TPSA) is 105 Å². The number of unbranched alkanes of at least 4 members (excludes halogenated alkanes) is 1. The predicted octanol–water partition coefficient (Wildman–Crippen LogP) is 0.859. The third-order valence-corrected chi connectivity index (χ3v) is 6.99. The van der Waals surface area contributed by atoms with Gasteiger partial charge in [0, 0.05) is 19.7 Å². The van der Waals surface area contributed by atoms with Crippen molar-refractivity contribution in [2.24, 2.45) is 17.8 Å². The highest BCUT2D eigenvalue weighted by atomic mass is 16.6. The van der Waals surface area contributed by atoms with Crippen molar-refractivity contribution >= 4 is 17.8 Å². The summed E-state index contributed by atoms with van der Waals surface area (Å²) in [6.45, 7) is 8.58. The molecule has 0 radical (unpaired) electrons. The molecule has 6 atom stereocenters. The number of rotatable bonds is 9. The van der Waals surface area contributed by atoms with Gasteiger partial charge in [-0.15, -0.1) is 0 Å². The molecular formula is C21H34N2O6. The van der Waals surface area contributed by atoms with Crippen LogP contribution in [-0.4, -0.2) is 71.3 Å². The van der Waals surface area contributed by atoms with Crippen molar-refractivity contribution in [3.8, 4) is 0 Å². The number of nitrogens with zero attached hydrogens (tertiary/aromatic N) is 1. The second kappa shape index (κ2) is 8.22. The Morgan fingerprint density at radius 2 is 2.07 bits per heavy atom. The summed E-state index contributed by atoms with van der Waals surface area (Å²) < 4.78 is 11.8. The lowest BCUT2D eigenvalue weighted by Crippen LogP contribution is -2.55. The van der Waals surface area contributed by atoms with Crippen LogP contribution in [0.15, 0.2) is 0 Å². The Morgan fingerprint density at radius 3 is 2.69 bits per heavy atom. The summed E-state index contributed by atoms with van der Waals surface area (Å²) in [7, 11) is 0. The Bertz CT molecular complexity index is 670. The average Bonchev–Trinajstić information content (AvgIpc) is 3.17. The molecule has 0 aliphatic carbocycles. The van der Waals surface area contributed by atoms with Crippen LogP contribution in [0.25, 0.3) is 0 Å². The smallest absolute Gasteiger partial charge is 0.312 e. The zero-order chi connectivity index (χ0) is 21.4. The number of carbonyl (C=O) groups is 3.